The zero-order chi connectivity index (χ0) is 12.1. The van der Waals surface area contributed by atoms with Crippen LogP contribution in [-0.2, 0) is 6.42 Å². The molecule has 2 heteroatoms. The molecule has 1 heterocycles. The zero-order valence-corrected chi connectivity index (χ0v) is 11.0. The molecule has 0 saturated heterocycles. The van der Waals surface area contributed by atoms with Gasteiger partial charge in [0.1, 0.15) is 11.9 Å². The van der Waals surface area contributed by atoms with Crippen molar-refractivity contribution in [2.75, 3.05) is 13.1 Å². The molecule has 1 unspecified atom stereocenters. The first-order chi connectivity index (χ1) is 8.29. The van der Waals surface area contributed by atoms with E-state index >= 15 is 0 Å². The highest BCUT2D eigenvalue weighted by molar-refractivity contribution is 5.40. The molecule has 1 atom stereocenters. The van der Waals surface area contributed by atoms with Crippen molar-refractivity contribution in [1.29, 1.82) is 0 Å². The molecule has 0 saturated carbocycles. The number of unbranched alkanes of at least 4 members (excludes halogenated alkanes) is 2. The summed E-state index contributed by atoms with van der Waals surface area (Å²) in [5.41, 5.74) is 2.69. The lowest BCUT2D eigenvalue weighted by Crippen LogP contribution is -2.30. The molecular weight excluding hydrogens is 210 g/mol. The van der Waals surface area contributed by atoms with Gasteiger partial charge in [0, 0.05) is 13.0 Å². The predicted molar refractivity (Wildman–Crippen MR) is 71.7 cm³/mol. The summed E-state index contributed by atoms with van der Waals surface area (Å²) in [5.74, 6) is 1.08. The van der Waals surface area contributed by atoms with Crippen molar-refractivity contribution in [3.8, 4) is 5.75 Å². The second kappa shape index (κ2) is 6.06. The number of aryl methyl sites for hydroxylation is 1. The van der Waals surface area contributed by atoms with Crippen LogP contribution in [0.2, 0.25) is 0 Å². The van der Waals surface area contributed by atoms with Gasteiger partial charge in [-0.3, -0.25) is 0 Å². The van der Waals surface area contributed by atoms with E-state index in [1.807, 2.05) is 0 Å². The number of hydrogen-bond acceptors (Lipinski definition) is 2. The molecule has 17 heavy (non-hydrogen) atoms. The number of fused-ring (bicyclic) bond motifs is 1. The SMILES string of the molecule is CCCCCNCC1Cc2cc(C)ccc2O1. The normalized spacial score (nSPS) is 17.9. The van der Waals surface area contributed by atoms with Crippen LogP contribution in [0.1, 0.15) is 37.3 Å². The molecule has 0 amide bonds. The first-order valence-corrected chi connectivity index (χ1v) is 6.76. The molecule has 0 radical (unpaired) electrons. The summed E-state index contributed by atoms with van der Waals surface area (Å²) in [6, 6.07) is 6.46. The molecular formula is C15H23NO. The number of benzene rings is 1. The van der Waals surface area contributed by atoms with Crippen LogP contribution >= 0.6 is 0 Å². The molecule has 1 aliphatic heterocycles. The van der Waals surface area contributed by atoms with Gasteiger partial charge in [-0.25, -0.2) is 0 Å². The van der Waals surface area contributed by atoms with Crippen LogP contribution in [0, 0.1) is 6.92 Å². The number of hydrogen-bond donors (Lipinski definition) is 1. The lowest BCUT2D eigenvalue weighted by atomic mass is 10.1. The number of ether oxygens (including phenoxy) is 1. The van der Waals surface area contributed by atoms with Crippen molar-refractivity contribution in [3.05, 3.63) is 29.3 Å². The van der Waals surface area contributed by atoms with Gasteiger partial charge in [0.05, 0.1) is 0 Å². The highest BCUT2D eigenvalue weighted by Crippen LogP contribution is 2.29. The van der Waals surface area contributed by atoms with E-state index in [1.165, 1.54) is 30.4 Å². The summed E-state index contributed by atoms with van der Waals surface area (Å²) in [6.45, 7) is 6.45. The van der Waals surface area contributed by atoms with E-state index in [4.69, 9.17) is 4.74 Å². The van der Waals surface area contributed by atoms with Crippen molar-refractivity contribution in [3.63, 3.8) is 0 Å². The summed E-state index contributed by atoms with van der Waals surface area (Å²) in [6.07, 6.45) is 5.26. The van der Waals surface area contributed by atoms with E-state index in [-0.39, 0.29) is 0 Å². The lowest BCUT2D eigenvalue weighted by Gasteiger charge is -2.11. The van der Waals surface area contributed by atoms with Crippen LogP contribution < -0.4 is 10.1 Å². The van der Waals surface area contributed by atoms with Gasteiger partial charge in [-0.15, -0.1) is 0 Å². The standard InChI is InChI=1S/C15H23NO/c1-3-4-5-8-16-11-14-10-13-9-12(2)6-7-15(13)17-14/h6-7,9,14,16H,3-5,8,10-11H2,1-2H3. The maximum absolute atomic E-state index is 5.91. The third kappa shape index (κ3) is 3.47. The highest BCUT2D eigenvalue weighted by Gasteiger charge is 2.21. The number of nitrogens with one attached hydrogen (secondary N) is 1. The van der Waals surface area contributed by atoms with Gasteiger partial charge in [0.15, 0.2) is 0 Å². The van der Waals surface area contributed by atoms with Crippen molar-refractivity contribution in [2.24, 2.45) is 0 Å². The van der Waals surface area contributed by atoms with E-state index in [0.717, 1.165) is 25.3 Å². The van der Waals surface area contributed by atoms with Crippen molar-refractivity contribution in [1.82, 2.24) is 5.32 Å². The topological polar surface area (TPSA) is 21.3 Å². The second-order valence-corrected chi connectivity index (χ2v) is 4.97. The number of rotatable bonds is 6. The Bertz CT molecular complexity index is 362. The van der Waals surface area contributed by atoms with Crippen molar-refractivity contribution in [2.45, 2.75) is 45.6 Å². The van der Waals surface area contributed by atoms with Gasteiger partial charge in [-0.05, 0) is 31.5 Å². The highest BCUT2D eigenvalue weighted by atomic mass is 16.5. The molecule has 0 aromatic heterocycles. The lowest BCUT2D eigenvalue weighted by molar-refractivity contribution is 0.227. The molecule has 1 N–H and O–H groups in total. The van der Waals surface area contributed by atoms with Crippen LogP contribution in [0.3, 0.4) is 0 Å². The molecule has 1 aliphatic rings. The van der Waals surface area contributed by atoms with Crippen LogP contribution in [-0.4, -0.2) is 19.2 Å². The smallest absolute Gasteiger partial charge is 0.123 e. The Labute approximate surface area is 104 Å². The van der Waals surface area contributed by atoms with Gasteiger partial charge >= 0.3 is 0 Å². The fourth-order valence-electron chi connectivity index (χ4n) is 2.33. The fraction of sp³-hybridized carbons (Fsp3) is 0.600. The average Bonchev–Trinajstić information content (AvgIpc) is 2.70. The average molecular weight is 233 g/mol. The summed E-state index contributed by atoms with van der Waals surface area (Å²) in [5, 5.41) is 3.49. The maximum atomic E-state index is 5.91. The minimum Gasteiger partial charge on any atom is -0.488 e. The maximum Gasteiger partial charge on any atom is 0.123 e. The Morgan fingerprint density at radius 2 is 2.24 bits per heavy atom. The Morgan fingerprint density at radius 1 is 1.35 bits per heavy atom. The van der Waals surface area contributed by atoms with E-state index < -0.39 is 0 Å². The molecule has 0 bridgehead atoms. The van der Waals surface area contributed by atoms with Gasteiger partial charge in [-0.2, -0.15) is 0 Å². The Hall–Kier alpha value is -1.02. The zero-order valence-electron chi connectivity index (χ0n) is 11.0. The minimum atomic E-state index is 0.327. The molecule has 0 fully saturated rings. The molecule has 2 rings (SSSR count). The van der Waals surface area contributed by atoms with Gasteiger partial charge in [0.2, 0.25) is 0 Å². The molecule has 1 aromatic rings. The third-order valence-corrected chi connectivity index (χ3v) is 3.29. The molecule has 2 nitrogen and oxygen atoms in total. The Balaban J connectivity index is 1.73. The quantitative estimate of drug-likeness (QED) is 0.762. The summed E-state index contributed by atoms with van der Waals surface area (Å²) < 4.78 is 5.91. The van der Waals surface area contributed by atoms with E-state index in [2.05, 4.69) is 37.4 Å². The van der Waals surface area contributed by atoms with E-state index in [1.54, 1.807) is 0 Å². The van der Waals surface area contributed by atoms with Gasteiger partial charge in [0.25, 0.3) is 0 Å². The van der Waals surface area contributed by atoms with Crippen molar-refractivity contribution < 1.29 is 4.74 Å². The van der Waals surface area contributed by atoms with E-state index in [9.17, 15) is 0 Å². The first-order valence-electron chi connectivity index (χ1n) is 6.76. The second-order valence-electron chi connectivity index (χ2n) is 4.97. The van der Waals surface area contributed by atoms with Crippen LogP contribution in [0.4, 0.5) is 0 Å². The largest absolute Gasteiger partial charge is 0.488 e. The fourth-order valence-corrected chi connectivity index (χ4v) is 2.33. The van der Waals surface area contributed by atoms with Crippen LogP contribution in [0.5, 0.6) is 5.75 Å². The summed E-state index contributed by atoms with van der Waals surface area (Å²) in [7, 11) is 0. The van der Waals surface area contributed by atoms with Crippen LogP contribution in [0.25, 0.3) is 0 Å². The van der Waals surface area contributed by atoms with E-state index in [0.29, 0.717) is 6.10 Å². The molecule has 0 spiro atoms. The Kier molecular flexibility index (Phi) is 4.43. The summed E-state index contributed by atoms with van der Waals surface area (Å²) in [4.78, 5) is 0. The van der Waals surface area contributed by atoms with Crippen LogP contribution in [0.15, 0.2) is 18.2 Å². The molecule has 1 aromatic carbocycles. The minimum absolute atomic E-state index is 0.327. The van der Waals surface area contributed by atoms with Gasteiger partial charge < -0.3 is 10.1 Å². The predicted octanol–water partition coefficient (Wildman–Crippen LogP) is 3.08. The monoisotopic (exact) mass is 233 g/mol. The summed E-state index contributed by atoms with van der Waals surface area (Å²) >= 11 is 0. The van der Waals surface area contributed by atoms with Crippen molar-refractivity contribution >= 4 is 0 Å². The van der Waals surface area contributed by atoms with Gasteiger partial charge in [-0.1, -0.05) is 37.5 Å². The third-order valence-electron chi connectivity index (χ3n) is 3.29. The molecule has 0 aliphatic carbocycles. The first kappa shape index (κ1) is 12.4. The Morgan fingerprint density at radius 3 is 3.06 bits per heavy atom. The molecule has 94 valence electrons.